The predicted octanol–water partition coefficient (Wildman–Crippen LogP) is 1.74. The van der Waals surface area contributed by atoms with E-state index in [2.05, 4.69) is 5.32 Å². The Morgan fingerprint density at radius 3 is 2.62 bits per heavy atom. The van der Waals surface area contributed by atoms with E-state index in [0.717, 1.165) is 25.0 Å². The number of nitrogens with one attached hydrogen (secondary N) is 1. The van der Waals surface area contributed by atoms with Gasteiger partial charge in [0.2, 0.25) is 0 Å². The zero-order valence-corrected chi connectivity index (χ0v) is 13.7. The monoisotopic (exact) mass is 315 g/mol. The molecule has 0 bridgehead atoms. The molecule has 1 aliphatic rings. The van der Waals surface area contributed by atoms with Crippen LogP contribution in [0, 0.1) is 6.92 Å². The van der Waals surface area contributed by atoms with Gasteiger partial charge in [-0.3, -0.25) is 0 Å². The summed E-state index contributed by atoms with van der Waals surface area (Å²) in [5, 5.41) is 13.4. The first-order valence-corrected chi connectivity index (χ1v) is 9.37. The van der Waals surface area contributed by atoms with Crippen molar-refractivity contribution in [1.82, 2.24) is 5.32 Å². The lowest BCUT2D eigenvalue weighted by Crippen LogP contribution is -2.49. The van der Waals surface area contributed by atoms with Gasteiger partial charge in [-0.1, -0.05) is 12.8 Å². The van der Waals surface area contributed by atoms with Gasteiger partial charge in [0.1, 0.15) is 17.1 Å². The average molecular weight is 315 g/mol. The Morgan fingerprint density at radius 2 is 2.05 bits per heavy atom. The first-order chi connectivity index (χ1) is 9.70. The lowest BCUT2D eigenvalue weighted by atomic mass is 9.93. The van der Waals surface area contributed by atoms with E-state index in [-0.39, 0.29) is 17.8 Å². The first kappa shape index (κ1) is 16.5. The van der Waals surface area contributed by atoms with Gasteiger partial charge in [-0.2, -0.15) is 0 Å². The normalized spacial score (nSPS) is 26.5. The average Bonchev–Trinajstić information content (AvgIpc) is 2.83. The zero-order valence-electron chi connectivity index (χ0n) is 12.9. The molecule has 0 radical (unpaired) electrons. The highest BCUT2D eigenvalue weighted by molar-refractivity contribution is 7.91. The summed E-state index contributed by atoms with van der Waals surface area (Å²) in [4.78, 5) is 0. The van der Waals surface area contributed by atoms with Crippen molar-refractivity contribution >= 4 is 9.84 Å². The van der Waals surface area contributed by atoms with Crippen molar-refractivity contribution in [3.63, 3.8) is 0 Å². The molecule has 1 aliphatic carbocycles. The molecule has 2 N–H and O–H groups in total. The second kappa shape index (κ2) is 6.10. The SMILES string of the molecule is Cc1ccc(C(C)(O)CNC2CCCCC2S(C)(=O)=O)o1. The van der Waals surface area contributed by atoms with E-state index >= 15 is 0 Å². The van der Waals surface area contributed by atoms with E-state index in [0.29, 0.717) is 12.2 Å². The summed E-state index contributed by atoms with van der Waals surface area (Å²) in [6.07, 6.45) is 4.78. The largest absolute Gasteiger partial charge is 0.463 e. The molecule has 0 amide bonds. The van der Waals surface area contributed by atoms with E-state index in [1.807, 2.05) is 13.0 Å². The van der Waals surface area contributed by atoms with Crippen LogP contribution in [0.3, 0.4) is 0 Å². The van der Waals surface area contributed by atoms with Gasteiger partial charge >= 0.3 is 0 Å². The minimum Gasteiger partial charge on any atom is -0.463 e. The van der Waals surface area contributed by atoms with Crippen molar-refractivity contribution < 1.29 is 17.9 Å². The van der Waals surface area contributed by atoms with Crippen LogP contribution >= 0.6 is 0 Å². The minimum absolute atomic E-state index is 0.101. The van der Waals surface area contributed by atoms with E-state index in [1.165, 1.54) is 6.26 Å². The van der Waals surface area contributed by atoms with Crippen molar-refractivity contribution in [3.8, 4) is 0 Å². The van der Waals surface area contributed by atoms with Crippen LogP contribution < -0.4 is 5.32 Å². The zero-order chi connectivity index (χ0) is 15.7. The standard InChI is InChI=1S/C15H25NO4S/c1-11-8-9-14(20-11)15(2,17)10-16-12-6-4-5-7-13(12)21(3,18)19/h8-9,12-13,16-17H,4-7,10H2,1-3H3. The number of rotatable bonds is 5. The highest BCUT2D eigenvalue weighted by Crippen LogP contribution is 2.26. The summed E-state index contributed by atoms with van der Waals surface area (Å²) >= 11 is 0. The smallest absolute Gasteiger partial charge is 0.151 e. The Morgan fingerprint density at radius 1 is 1.38 bits per heavy atom. The van der Waals surface area contributed by atoms with Gasteiger partial charge in [0.05, 0.1) is 5.25 Å². The van der Waals surface area contributed by atoms with Crippen molar-refractivity contribution in [3.05, 3.63) is 23.7 Å². The van der Waals surface area contributed by atoms with Crippen LogP contribution in [0.1, 0.15) is 44.1 Å². The molecule has 3 unspecified atom stereocenters. The Labute approximate surface area is 126 Å². The highest BCUT2D eigenvalue weighted by Gasteiger charge is 2.35. The molecule has 5 nitrogen and oxygen atoms in total. The fourth-order valence-electron chi connectivity index (χ4n) is 2.98. The van der Waals surface area contributed by atoms with Gasteiger partial charge < -0.3 is 14.8 Å². The molecule has 0 spiro atoms. The van der Waals surface area contributed by atoms with Gasteiger partial charge in [-0.15, -0.1) is 0 Å². The van der Waals surface area contributed by atoms with Crippen LogP contribution in [-0.4, -0.2) is 37.6 Å². The van der Waals surface area contributed by atoms with Gasteiger partial charge in [0, 0.05) is 18.8 Å². The minimum atomic E-state index is -3.07. The molecule has 1 heterocycles. The molecule has 120 valence electrons. The molecule has 2 rings (SSSR count). The summed E-state index contributed by atoms with van der Waals surface area (Å²) in [7, 11) is -3.07. The number of hydrogen-bond donors (Lipinski definition) is 2. The lowest BCUT2D eigenvalue weighted by Gasteiger charge is -2.33. The molecule has 3 atom stereocenters. The number of aryl methyl sites for hydroxylation is 1. The highest BCUT2D eigenvalue weighted by atomic mass is 32.2. The number of aliphatic hydroxyl groups is 1. The topological polar surface area (TPSA) is 79.5 Å². The van der Waals surface area contributed by atoms with Crippen molar-refractivity contribution in [2.24, 2.45) is 0 Å². The van der Waals surface area contributed by atoms with Crippen LogP contribution in [0.4, 0.5) is 0 Å². The summed E-state index contributed by atoms with van der Waals surface area (Å²) in [5.74, 6) is 1.25. The number of hydrogen-bond acceptors (Lipinski definition) is 5. The Balaban J connectivity index is 2.03. The van der Waals surface area contributed by atoms with Gasteiger partial charge in [0.25, 0.3) is 0 Å². The van der Waals surface area contributed by atoms with Gasteiger partial charge in [0.15, 0.2) is 9.84 Å². The third-order valence-corrected chi connectivity index (χ3v) is 5.90. The second-order valence-electron chi connectivity index (χ2n) is 6.32. The number of sulfone groups is 1. The molecule has 0 aliphatic heterocycles. The summed E-state index contributed by atoms with van der Waals surface area (Å²) in [6, 6.07) is 3.46. The predicted molar refractivity (Wildman–Crippen MR) is 81.9 cm³/mol. The quantitative estimate of drug-likeness (QED) is 0.865. The first-order valence-electron chi connectivity index (χ1n) is 7.42. The molecule has 21 heavy (non-hydrogen) atoms. The Bertz CT molecular complexity index is 576. The molecule has 1 aromatic heterocycles. The van der Waals surface area contributed by atoms with Crippen LogP contribution in [0.5, 0.6) is 0 Å². The maximum Gasteiger partial charge on any atom is 0.151 e. The second-order valence-corrected chi connectivity index (χ2v) is 8.59. The van der Waals surface area contributed by atoms with Crippen molar-refractivity contribution in [2.45, 2.75) is 56.4 Å². The van der Waals surface area contributed by atoms with Crippen molar-refractivity contribution in [1.29, 1.82) is 0 Å². The molecule has 0 aromatic carbocycles. The molecule has 6 heteroatoms. The van der Waals surface area contributed by atoms with E-state index in [1.54, 1.807) is 13.0 Å². The van der Waals surface area contributed by atoms with Crippen molar-refractivity contribution in [2.75, 3.05) is 12.8 Å². The van der Waals surface area contributed by atoms with Gasteiger partial charge in [-0.25, -0.2) is 8.42 Å². The third-order valence-electron chi connectivity index (χ3n) is 4.23. The van der Waals surface area contributed by atoms with Crippen LogP contribution in [0.15, 0.2) is 16.5 Å². The summed E-state index contributed by atoms with van der Waals surface area (Å²) in [6.45, 7) is 3.78. The van der Waals surface area contributed by atoms with E-state index in [9.17, 15) is 13.5 Å². The van der Waals surface area contributed by atoms with Crippen LogP contribution in [-0.2, 0) is 15.4 Å². The van der Waals surface area contributed by atoms with Crippen LogP contribution in [0.2, 0.25) is 0 Å². The maximum absolute atomic E-state index is 11.9. The lowest BCUT2D eigenvalue weighted by molar-refractivity contribution is 0.0297. The van der Waals surface area contributed by atoms with Gasteiger partial charge in [-0.05, 0) is 38.8 Å². The third kappa shape index (κ3) is 4.08. The Hall–Kier alpha value is -0.850. The number of furan rings is 1. The molecular weight excluding hydrogens is 290 g/mol. The maximum atomic E-state index is 11.9. The molecule has 1 aromatic rings. The van der Waals surface area contributed by atoms with E-state index < -0.39 is 15.4 Å². The fraction of sp³-hybridized carbons (Fsp3) is 0.733. The van der Waals surface area contributed by atoms with Crippen LogP contribution in [0.25, 0.3) is 0 Å². The summed E-state index contributed by atoms with van der Waals surface area (Å²) in [5.41, 5.74) is -1.15. The fourth-order valence-corrected chi connectivity index (χ4v) is 4.41. The molecule has 0 saturated heterocycles. The summed E-state index contributed by atoms with van der Waals surface area (Å²) < 4.78 is 29.2. The van der Waals surface area contributed by atoms with E-state index in [4.69, 9.17) is 4.42 Å². The molecule has 1 saturated carbocycles. The molecular formula is C15H25NO4S. The molecule has 1 fully saturated rings. The Kier molecular flexibility index (Phi) is 4.80.